The fourth-order valence-electron chi connectivity index (χ4n) is 5.40. The zero-order valence-corrected chi connectivity index (χ0v) is 24.7. The molecule has 0 spiro atoms. The van der Waals surface area contributed by atoms with E-state index in [4.69, 9.17) is 21.4 Å². The summed E-state index contributed by atoms with van der Waals surface area (Å²) in [6.07, 6.45) is 4.88. The maximum atomic E-state index is 13.3. The van der Waals surface area contributed by atoms with Gasteiger partial charge in [0.1, 0.15) is 18.9 Å². The predicted molar refractivity (Wildman–Crippen MR) is 157 cm³/mol. The van der Waals surface area contributed by atoms with Gasteiger partial charge in [-0.3, -0.25) is 14.3 Å². The second-order valence-electron chi connectivity index (χ2n) is 10.7. The Morgan fingerprint density at radius 3 is 2.79 bits per heavy atom. The number of nitrogens with one attached hydrogen (secondary N) is 2. The number of amides is 1. The topological polar surface area (TPSA) is 143 Å². The molecular formula is C29H34ClN5O6S. The van der Waals surface area contributed by atoms with E-state index in [1.54, 1.807) is 12.1 Å². The number of aliphatic carboxylic acids is 1. The molecule has 1 amide bonds. The zero-order chi connectivity index (χ0) is 29.7. The third-order valence-corrected chi connectivity index (χ3v) is 9.09. The number of hydrogen-bond donors (Lipinski definition) is 3. The summed E-state index contributed by atoms with van der Waals surface area (Å²) in [4.78, 5) is 25.7. The summed E-state index contributed by atoms with van der Waals surface area (Å²) in [5.41, 5.74) is 3.12. The minimum absolute atomic E-state index is 0.0539. The molecule has 5 rings (SSSR count). The van der Waals surface area contributed by atoms with Gasteiger partial charge in [0.25, 0.3) is 15.9 Å². The van der Waals surface area contributed by atoms with Crippen LogP contribution in [0.3, 0.4) is 0 Å². The van der Waals surface area contributed by atoms with Crippen molar-refractivity contribution in [3.8, 4) is 5.75 Å². The van der Waals surface area contributed by atoms with E-state index in [2.05, 4.69) is 20.0 Å². The second kappa shape index (κ2) is 13.1. The van der Waals surface area contributed by atoms with Gasteiger partial charge in [0.2, 0.25) is 0 Å². The Balaban J connectivity index is 1.39. The number of aromatic nitrogens is 2. The normalized spacial score (nSPS) is 17.5. The lowest BCUT2D eigenvalue weighted by Crippen LogP contribution is -2.34. The number of anilines is 1. The Labute approximate surface area is 249 Å². The number of fused-ring (bicyclic) bond motifs is 2. The van der Waals surface area contributed by atoms with E-state index in [0.29, 0.717) is 29.0 Å². The van der Waals surface area contributed by atoms with Crippen molar-refractivity contribution in [2.24, 2.45) is 5.92 Å². The second-order valence-corrected chi connectivity index (χ2v) is 12.8. The van der Waals surface area contributed by atoms with Gasteiger partial charge in [-0.25, -0.2) is 13.1 Å². The minimum atomic E-state index is -4.22. The molecule has 3 N–H and O–H groups in total. The van der Waals surface area contributed by atoms with Crippen LogP contribution in [-0.2, 0) is 45.6 Å². The minimum Gasteiger partial charge on any atom is -0.487 e. The Hall–Kier alpha value is -3.61. The van der Waals surface area contributed by atoms with Crippen molar-refractivity contribution in [1.82, 2.24) is 19.8 Å². The van der Waals surface area contributed by atoms with Gasteiger partial charge >= 0.3 is 5.97 Å². The maximum Gasteiger partial charge on any atom is 0.309 e. The summed E-state index contributed by atoms with van der Waals surface area (Å²) in [7, 11) is -4.22. The highest BCUT2D eigenvalue weighted by molar-refractivity contribution is 7.90. The van der Waals surface area contributed by atoms with Crippen LogP contribution in [0.4, 0.5) is 5.69 Å². The van der Waals surface area contributed by atoms with Gasteiger partial charge < -0.3 is 20.1 Å². The highest BCUT2D eigenvalue weighted by Crippen LogP contribution is 2.34. The van der Waals surface area contributed by atoms with Gasteiger partial charge in [-0.15, -0.1) is 0 Å². The largest absolute Gasteiger partial charge is 0.487 e. The summed E-state index contributed by atoms with van der Waals surface area (Å²) in [6, 6.07) is 11.9. The van der Waals surface area contributed by atoms with E-state index in [1.807, 2.05) is 18.2 Å². The van der Waals surface area contributed by atoms with Crippen LogP contribution in [-0.4, -0.2) is 61.4 Å². The number of sulfonamides is 1. The quantitative estimate of drug-likeness (QED) is 0.348. The molecule has 1 unspecified atom stereocenters. The van der Waals surface area contributed by atoms with Gasteiger partial charge in [0.15, 0.2) is 0 Å². The van der Waals surface area contributed by atoms with Crippen molar-refractivity contribution < 1.29 is 27.9 Å². The molecule has 0 saturated carbocycles. The van der Waals surface area contributed by atoms with Gasteiger partial charge in [0.05, 0.1) is 22.7 Å². The van der Waals surface area contributed by atoms with Gasteiger partial charge in [-0.2, -0.15) is 5.10 Å². The first-order valence-electron chi connectivity index (χ1n) is 14.0. The van der Waals surface area contributed by atoms with Crippen LogP contribution < -0.4 is 19.7 Å². The number of rotatable bonds is 8. The lowest BCUT2D eigenvalue weighted by Gasteiger charge is -2.29. The van der Waals surface area contributed by atoms with Crippen LogP contribution in [0.2, 0.25) is 5.02 Å². The lowest BCUT2D eigenvalue weighted by atomic mass is 10.0. The van der Waals surface area contributed by atoms with E-state index >= 15 is 0 Å². The molecule has 2 aromatic carbocycles. The number of carboxylic acid groups (broad SMARTS) is 1. The third kappa shape index (κ3) is 7.61. The first-order valence-corrected chi connectivity index (χ1v) is 15.8. The molecule has 224 valence electrons. The van der Waals surface area contributed by atoms with Crippen LogP contribution >= 0.6 is 11.6 Å². The molecule has 0 radical (unpaired) electrons. The molecule has 11 nitrogen and oxygen atoms in total. The first kappa shape index (κ1) is 29.9. The molecule has 13 heteroatoms. The maximum absolute atomic E-state index is 13.3. The Kier molecular flexibility index (Phi) is 9.34. The van der Waals surface area contributed by atoms with Crippen molar-refractivity contribution in [1.29, 1.82) is 0 Å². The van der Waals surface area contributed by atoms with Crippen LogP contribution in [0.25, 0.3) is 0 Å². The van der Waals surface area contributed by atoms with Gasteiger partial charge in [-0.05, 0) is 92.2 Å². The van der Waals surface area contributed by atoms with Crippen LogP contribution in [0, 0.1) is 5.92 Å². The SMILES string of the molecule is O=C(O)Cc1ccn(CC(=O)NS(=O)(=O)c2ccc3c(c2)N(CC2CCNC2)CCCCc2cc(Cl)ccc2CO3)n1. The summed E-state index contributed by atoms with van der Waals surface area (Å²) in [5, 5.41) is 17.0. The molecular weight excluding hydrogens is 582 g/mol. The lowest BCUT2D eigenvalue weighted by molar-refractivity contribution is -0.136. The number of ether oxygens (including phenoxy) is 1. The number of aryl methyl sites for hydroxylation is 1. The van der Waals surface area contributed by atoms with Crippen molar-refractivity contribution in [3.05, 3.63) is 70.5 Å². The molecule has 1 atom stereocenters. The van der Waals surface area contributed by atoms with Crippen LogP contribution in [0.1, 0.15) is 36.1 Å². The van der Waals surface area contributed by atoms with Crippen molar-refractivity contribution >= 4 is 39.2 Å². The first-order chi connectivity index (χ1) is 20.2. The molecule has 3 heterocycles. The monoisotopic (exact) mass is 615 g/mol. The zero-order valence-electron chi connectivity index (χ0n) is 23.1. The molecule has 1 fully saturated rings. The fourth-order valence-corrected chi connectivity index (χ4v) is 6.59. The molecule has 2 aliphatic heterocycles. The van der Waals surface area contributed by atoms with Crippen LogP contribution in [0.5, 0.6) is 5.75 Å². The molecule has 2 aliphatic rings. The van der Waals surface area contributed by atoms with Crippen molar-refractivity contribution in [2.45, 2.75) is 50.2 Å². The van der Waals surface area contributed by atoms with E-state index in [1.165, 1.54) is 23.0 Å². The van der Waals surface area contributed by atoms with Crippen LogP contribution in [0.15, 0.2) is 53.6 Å². The number of carboxylic acids is 1. The molecule has 1 saturated heterocycles. The smallest absolute Gasteiger partial charge is 0.309 e. The average Bonchev–Trinajstić information content (AvgIpc) is 3.60. The van der Waals surface area contributed by atoms with Crippen molar-refractivity contribution in [2.75, 3.05) is 31.1 Å². The summed E-state index contributed by atoms with van der Waals surface area (Å²) in [5.74, 6) is -0.864. The number of carbonyl (C=O) groups is 2. The third-order valence-electron chi connectivity index (χ3n) is 7.48. The number of nitrogens with zero attached hydrogens (tertiary/aromatic N) is 3. The van der Waals surface area contributed by atoms with Gasteiger partial charge in [-0.1, -0.05) is 17.7 Å². The highest BCUT2D eigenvalue weighted by Gasteiger charge is 2.25. The van der Waals surface area contributed by atoms with E-state index in [-0.39, 0.29) is 23.6 Å². The van der Waals surface area contributed by atoms with E-state index in [0.717, 1.165) is 63.0 Å². The van der Waals surface area contributed by atoms with Gasteiger partial charge in [0, 0.05) is 24.3 Å². The van der Waals surface area contributed by atoms with Crippen molar-refractivity contribution in [3.63, 3.8) is 0 Å². The molecule has 0 bridgehead atoms. The summed E-state index contributed by atoms with van der Waals surface area (Å²) < 4.78 is 36.3. The van der Waals surface area contributed by atoms with E-state index < -0.39 is 21.9 Å². The highest BCUT2D eigenvalue weighted by atomic mass is 35.5. The molecule has 0 aliphatic carbocycles. The standard InChI is InChI=1S/C29H34ClN5O6S/c30-23-5-4-22-19-41-27-7-6-25(42(39,40)33-28(36)18-35-12-9-24(32-35)14-29(37)38)15-26(27)34(17-20-8-10-31-16-20)11-2-1-3-21(22)13-23/h4-7,9,12-13,15,20,31H,1-3,8,10-11,14,16-19H2,(H,33,36)(H,37,38). The number of hydrogen-bond acceptors (Lipinski definition) is 8. The van der Waals surface area contributed by atoms with E-state index in [9.17, 15) is 18.0 Å². The average molecular weight is 616 g/mol. The molecule has 42 heavy (non-hydrogen) atoms. The number of benzene rings is 2. The number of halogens is 1. The summed E-state index contributed by atoms with van der Waals surface area (Å²) in [6.45, 7) is 3.25. The molecule has 1 aromatic heterocycles. The molecule has 3 aromatic rings. The Bertz CT molecular complexity index is 1550. The fraction of sp³-hybridized carbons (Fsp3) is 0.414. The number of carbonyl (C=O) groups excluding carboxylic acids is 1. The summed E-state index contributed by atoms with van der Waals surface area (Å²) >= 11 is 6.27. The predicted octanol–water partition coefficient (Wildman–Crippen LogP) is 3.00. The Morgan fingerprint density at radius 2 is 2.00 bits per heavy atom. The Morgan fingerprint density at radius 1 is 1.14 bits per heavy atom.